The first kappa shape index (κ1) is 37.3. The van der Waals surface area contributed by atoms with Crippen molar-refractivity contribution in [2.75, 3.05) is 4.90 Å². The normalized spacial score (nSPS) is 12.5. The summed E-state index contributed by atoms with van der Waals surface area (Å²) < 4.78 is 0. The monoisotopic (exact) mass is 791 g/mol. The van der Waals surface area contributed by atoms with Gasteiger partial charge in [-0.25, -0.2) is 0 Å². The number of fused-ring (bicyclic) bond motifs is 4. The summed E-state index contributed by atoms with van der Waals surface area (Å²) in [6, 6.07) is 86.6. The topological polar surface area (TPSA) is 3.24 Å². The molecule has 0 N–H and O–H groups in total. The summed E-state index contributed by atoms with van der Waals surface area (Å²) in [4.78, 5) is 2.50. The fraction of sp³-hybridized carbons (Fsp3) is 0.0492. The molecule has 0 aromatic heterocycles. The van der Waals surface area contributed by atoms with Gasteiger partial charge in [-0.1, -0.05) is 220 Å². The van der Waals surface area contributed by atoms with Crippen LogP contribution in [0.5, 0.6) is 0 Å². The first-order valence-corrected chi connectivity index (χ1v) is 21.6. The van der Waals surface area contributed by atoms with Crippen LogP contribution in [0.3, 0.4) is 0 Å². The lowest BCUT2D eigenvalue weighted by Gasteiger charge is -2.31. The van der Waals surface area contributed by atoms with E-state index in [1.54, 1.807) is 0 Å². The van der Waals surface area contributed by atoms with Crippen molar-refractivity contribution in [3.05, 3.63) is 248 Å². The number of para-hydroxylation sites is 1. The van der Waals surface area contributed by atoms with E-state index < -0.39 is 0 Å². The molecule has 0 heterocycles. The fourth-order valence-electron chi connectivity index (χ4n) is 9.79. The Hall–Kier alpha value is -7.74. The van der Waals surface area contributed by atoms with E-state index in [1.165, 1.54) is 94.3 Å². The smallest absolute Gasteiger partial charge is 0.0543 e. The predicted molar refractivity (Wildman–Crippen MR) is 263 cm³/mol. The molecule has 1 aliphatic carbocycles. The Morgan fingerprint density at radius 2 is 0.758 bits per heavy atom. The Labute approximate surface area is 364 Å². The van der Waals surface area contributed by atoms with Gasteiger partial charge in [-0.05, 0) is 108 Å². The summed E-state index contributed by atoms with van der Waals surface area (Å²) in [6.07, 6.45) is 0. The lowest BCUT2D eigenvalue weighted by atomic mass is 9.82. The van der Waals surface area contributed by atoms with Crippen molar-refractivity contribution in [1.82, 2.24) is 0 Å². The highest BCUT2D eigenvalue weighted by atomic mass is 15.1. The van der Waals surface area contributed by atoms with Gasteiger partial charge < -0.3 is 4.90 Å². The zero-order valence-corrected chi connectivity index (χ0v) is 35.0. The van der Waals surface area contributed by atoms with Gasteiger partial charge in [-0.3, -0.25) is 0 Å². The molecule has 0 spiro atoms. The van der Waals surface area contributed by atoms with Gasteiger partial charge in [0.15, 0.2) is 0 Å². The summed E-state index contributed by atoms with van der Waals surface area (Å²) >= 11 is 0. The Morgan fingerprint density at radius 1 is 0.290 bits per heavy atom. The standard InChI is InChI=1S/C61H45N/c1-61(2)56-27-14-12-26-55(56)60-57(61)28-16-30-59(60)62(49-39-37-44(38-40-49)43-31-33-45(34-32-43)48-36-35-42-17-6-7-20-47(42)41-48)58-29-15-13-25-54(58)53-24-11-10-23-52(53)51-22-9-8-21-50(51)46-18-4-3-5-19-46/h3-41H,1-2H3. The van der Waals surface area contributed by atoms with E-state index in [-0.39, 0.29) is 5.41 Å². The predicted octanol–water partition coefficient (Wildman–Crippen LogP) is 17.0. The number of nitrogens with zero attached hydrogens (tertiary/aromatic N) is 1. The van der Waals surface area contributed by atoms with Gasteiger partial charge >= 0.3 is 0 Å². The maximum atomic E-state index is 2.50. The Kier molecular flexibility index (Phi) is 9.24. The molecule has 1 heteroatoms. The molecule has 0 amide bonds. The first-order chi connectivity index (χ1) is 30.5. The SMILES string of the molecule is CC1(C)c2ccccc2-c2c(N(c3ccc(-c4ccc(-c5ccc6ccccc6c5)cc4)cc3)c3ccccc3-c3ccccc3-c3ccccc3-c3ccccc3)cccc21. The zero-order chi connectivity index (χ0) is 41.6. The molecule has 10 aromatic rings. The zero-order valence-electron chi connectivity index (χ0n) is 35.0. The van der Waals surface area contributed by atoms with Crippen LogP contribution >= 0.6 is 0 Å². The summed E-state index contributed by atoms with van der Waals surface area (Å²) in [5.74, 6) is 0. The maximum Gasteiger partial charge on any atom is 0.0543 e. The van der Waals surface area contributed by atoms with Crippen molar-refractivity contribution < 1.29 is 0 Å². The van der Waals surface area contributed by atoms with Gasteiger partial charge in [0.1, 0.15) is 0 Å². The highest BCUT2D eigenvalue weighted by molar-refractivity contribution is 6.01. The van der Waals surface area contributed by atoms with Crippen LogP contribution in [0.2, 0.25) is 0 Å². The second-order valence-electron chi connectivity index (χ2n) is 16.9. The lowest BCUT2D eigenvalue weighted by Crippen LogP contribution is -2.16. The maximum absolute atomic E-state index is 2.50. The number of benzene rings is 10. The van der Waals surface area contributed by atoms with Crippen molar-refractivity contribution >= 4 is 27.8 Å². The molecule has 11 rings (SSSR count). The first-order valence-electron chi connectivity index (χ1n) is 21.6. The third-order valence-electron chi connectivity index (χ3n) is 12.9. The Balaban J connectivity index is 1.06. The molecular weight excluding hydrogens is 747 g/mol. The quantitative estimate of drug-likeness (QED) is 0.148. The molecule has 0 saturated heterocycles. The molecule has 0 unspecified atom stereocenters. The van der Waals surface area contributed by atoms with Gasteiger partial charge in [0, 0.05) is 22.2 Å². The Bertz CT molecular complexity index is 3250. The second-order valence-corrected chi connectivity index (χ2v) is 16.9. The minimum absolute atomic E-state index is 0.135. The molecular formula is C61H45N. The van der Waals surface area contributed by atoms with Crippen molar-refractivity contribution in [1.29, 1.82) is 0 Å². The van der Waals surface area contributed by atoms with Gasteiger partial charge in [-0.15, -0.1) is 0 Å². The van der Waals surface area contributed by atoms with Crippen LogP contribution in [-0.4, -0.2) is 0 Å². The van der Waals surface area contributed by atoms with Crippen LogP contribution in [0.1, 0.15) is 25.0 Å². The summed E-state index contributed by atoms with van der Waals surface area (Å²) in [7, 11) is 0. The molecule has 294 valence electrons. The molecule has 62 heavy (non-hydrogen) atoms. The molecule has 0 bridgehead atoms. The minimum atomic E-state index is -0.135. The largest absolute Gasteiger partial charge is 0.309 e. The van der Waals surface area contributed by atoms with Crippen molar-refractivity contribution in [3.63, 3.8) is 0 Å². The highest BCUT2D eigenvalue weighted by Crippen LogP contribution is 2.55. The van der Waals surface area contributed by atoms with Gasteiger partial charge in [-0.2, -0.15) is 0 Å². The number of hydrogen-bond acceptors (Lipinski definition) is 1. The summed E-state index contributed by atoms with van der Waals surface area (Å²) in [5, 5.41) is 2.52. The van der Waals surface area contributed by atoms with Crippen LogP contribution in [0, 0.1) is 0 Å². The fourth-order valence-corrected chi connectivity index (χ4v) is 9.79. The minimum Gasteiger partial charge on any atom is -0.309 e. The van der Waals surface area contributed by atoms with Crippen LogP contribution in [0.4, 0.5) is 17.1 Å². The molecule has 1 nitrogen and oxygen atoms in total. The molecule has 0 radical (unpaired) electrons. The molecule has 0 fully saturated rings. The molecule has 0 atom stereocenters. The Morgan fingerprint density at radius 3 is 1.47 bits per heavy atom. The lowest BCUT2D eigenvalue weighted by molar-refractivity contribution is 0.660. The average Bonchev–Trinajstić information content (AvgIpc) is 3.58. The van der Waals surface area contributed by atoms with E-state index in [1.807, 2.05) is 0 Å². The summed E-state index contributed by atoms with van der Waals surface area (Å²) in [5.41, 5.74) is 20.6. The average molecular weight is 792 g/mol. The van der Waals surface area contributed by atoms with Crippen LogP contribution in [0.15, 0.2) is 237 Å². The third-order valence-corrected chi connectivity index (χ3v) is 12.9. The van der Waals surface area contributed by atoms with E-state index in [9.17, 15) is 0 Å². The van der Waals surface area contributed by atoms with Crippen molar-refractivity contribution in [3.8, 4) is 66.8 Å². The molecule has 10 aromatic carbocycles. The van der Waals surface area contributed by atoms with Crippen LogP contribution < -0.4 is 4.90 Å². The summed E-state index contributed by atoms with van der Waals surface area (Å²) in [6.45, 7) is 4.72. The van der Waals surface area contributed by atoms with Crippen molar-refractivity contribution in [2.45, 2.75) is 19.3 Å². The van der Waals surface area contributed by atoms with E-state index in [2.05, 4.69) is 255 Å². The van der Waals surface area contributed by atoms with Crippen LogP contribution in [-0.2, 0) is 5.41 Å². The number of hydrogen-bond donors (Lipinski definition) is 0. The van der Waals surface area contributed by atoms with Crippen molar-refractivity contribution in [2.24, 2.45) is 0 Å². The highest BCUT2D eigenvalue weighted by Gasteiger charge is 2.38. The third kappa shape index (κ3) is 6.42. The molecule has 0 saturated carbocycles. The number of anilines is 3. The van der Waals surface area contributed by atoms with Gasteiger partial charge in [0.2, 0.25) is 0 Å². The van der Waals surface area contributed by atoms with Gasteiger partial charge in [0.25, 0.3) is 0 Å². The van der Waals surface area contributed by atoms with E-state index in [0.717, 1.165) is 11.4 Å². The molecule has 0 aliphatic heterocycles. The van der Waals surface area contributed by atoms with Crippen LogP contribution in [0.25, 0.3) is 77.5 Å². The second kappa shape index (κ2) is 15.4. The molecule has 1 aliphatic rings. The number of rotatable bonds is 8. The van der Waals surface area contributed by atoms with E-state index in [0.29, 0.717) is 0 Å². The van der Waals surface area contributed by atoms with E-state index in [4.69, 9.17) is 0 Å². The van der Waals surface area contributed by atoms with Gasteiger partial charge in [0.05, 0.1) is 11.4 Å². The van der Waals surface area contributed by atoms with E-state index >= 15 is 0 Å².